The van der Waals surface area contributed by atoms with Gasteiger partial charge < -0.3 is 10.6 Å². The van der Waals surface area contributed by atoms with Gasteiger partial charge in [0.15, 0.2) is 0 Å². The molecule has 0 atom stereocenters. The molecule has 0 aliphatic rings. The Morgan fingerprint density at radius 3 is 2.52 bits per heavy atom. The largest absolute Gasteiger partial charge is 0.358 e. The number of benzene rings is 1. The van der Waals surface area contributed by atoms with Crippen molar-refractivity contribution < 1.29 is 9.59 Å². The normalized spacial score (nSPS) is 10.6. The van der Waals surface area contributed by atoms with Crippen LogP contribution in [-0.4, -0.2) is 35.2 Å². The molecule has 1 aromatic heterocycles. The highest BCUT2D eigenvalue weighted by Crippen LogP contribution is 2.20. The van der Waals surface area contributed by atoms with E-state index in [1.165, 1.54) is 7.05 Å². The Bertz CT molecular complexity index is 677. The summed E-state index contributed by atoms with van der Waals surface area (Å²) in [5, 5.41) is 9.45. The lowest BCUT2D eigenvalue weighted by atomic mass is 10.0. The minimum Gasteiger partial charge on any atom is -0.358 e. The van der Waals surface area contributed by atoms with E-state index in [0.29, 0.717) is 12.1 Å². The predicted molar refractivity (Wildman–Crippen MR) is 88.3 cm³/mol. The van der Waals surface area contributed by atoms with Crippen molar-refractivity contribution in [3.63, 3.8) is 0 Å². The maximum absolute atomic E-state index is 12.3. The Labute approximate surface area is 135 Å². The molecule has 2 N–H and O–H groups in total. The molecule has 122 valence electrons. The Kier molecular flexibility index (Phi) is 5.51. The lowest BCUT2D eigenvalue weighted by molar-refractivity contribution is -0.119. The van der Waals surface area contributed by atoms with Crippen LogP contribution in [0.25, 0.3) is 0 Å². The molecule has 0 spiro atoms. The standard InChI is InChI=1S/C17H22N4O2/c1-12(2)16-14(17(23)19-10-15(22)18-3)9-20-21(16)11-13-7-5-4-6-8-13/h4-9,12H,10-11H2,1-3H3,(H,18,22)(H,19,23). The Hall–Kier alpha value is -2.63. The second kappa shape index (κ2) is 7.58. The molecule has 6 nitrogen and oxygen atoms in total. The van der Waals surface area contributed by atoms with Crippen molar-refractivity contribution in [2.24, 2.45) is 0 Å². The average molecular weight is 314 g/mol. The van der Waals surface area contributed by atoms with Crippen LogP contribution < -0.4 is 10.6 Å². The second-order valence-electron chi connectivity index (χ2n) is 5.60. The summed E-state index contributed by atoms with van der Waals surface area (Å²) in [5.41, 5.74) is 2.50. The zero-order valence-corrected chi connectivity index (χ0v) is 13.7. The molecule has 0 fully saturated rings. The van der Waals surface area contributed by atoms with Crippen LogP contribution in [0.3, 0.4) is 0 Å². The molecule has 0 aliphatic carbocycles. The number of carbonyl (C=O) groups is 2. The van der Waals surface area contributed by atoms with E-state index in [2.05, 4.69) is 15.7 Å². The molecular formula is C17H22N4O2. The maximum Gasteiger partial charge on any atom is 0.255 e. The first-order valence-electron chi connectivity index (χ1n) is 7.61. The van der Waals surface area contributed by atoms with Crippen molar-refractivity contribution in [3.8, 4) is 0 Å². The predicted octanol–water partition coefficient (Wildman–Crippen LogP) is 1.53. The summed E-state index contributed by atoms with van der Waals surface area (Å²) in [6.07, 6.45) is 1.57. The van der Waals surface area contributed by atoms with Gasteiger partial charge in [-0.25, -0.2) is 0 Å². The van der Waals surface area contributed by atoms with Gasteiger partial charge in [0.2, 0.25) is 5.91 Å². The van der Waals surface area contributed by atoms with E-state index in [0.717, 1.165) is 11.3 Å². The van der Waals surface area contributed by atoms with E-state index in [-0.39, 0.29) is 24.3 Å². The molecule has 2 amide bonds. The molecule has 6 heteroatoms. The molecule has 0 saturated carbocycles. The fraction of sp³-hybridized carbons (Fsp3) is 0.353. The summed E-state index contributed by atoms with van der Waals surface area (Å²) in [5.74, 6) is -0.375. The van der Waals surface area contributed by atoms with Crippen molar-refractivity contribution in [2.45, 2.75) is 26.3 Å². The van der Waals surface area contributed by atoms with Crippen LogP contribution in [0, 0.1) is 0 Å². The number of amides is 2. The summed E-state index contributed by atoms with van der Waals surface area (Å²) in [7, 11) is 1.53. The molecular weight excluding hydrogens is 292 g/mol. The summed E-state index contributed by atoms with van der Waals surface area (Å²) in [4.78, 5) is 23.6. The summed E-state index contributed by atoms with van der Waals surface area (Å²) in [6, 6.07) is 9.97. The minimum atomic E-state index is -0.281. The van der Waals surface area contributed by atoms with Crippen LogP contribution in [-0.2, 0) is 11.3 Å². The van der Waals surface area contributed by atoms with Crippen LogP contribution in [0.5, 0.6) is 0 Å². The molecule has 2 rings (SSSR count). The van der Waals surface area contributed by atoms with Gasteiger partial charge in [0.1, 0.15) is 0 Å². The van der Waals surface area contributed by atoms with E-state index in [1.54, 1.807) is 6.20 Å². The van der Waals surface area contributed by atoms with Gasteiger partial charge >= 0.3 is 0 Å². The third-order valence-corrected chi connectivity index (χ3v) is 3.54. The van der Waals surface area contributed by atoms with E-state index in [9.17, 15) is 9.59 Å². The van der Waals surface area contributed by atoms with Gasteiger partial charge in [-0.3, -0.25) is 14.3 Å². The number of likely N-dealkylation sites (N-methyl/N-ethyl adjacent to an activating group) is 1. The number of rotatable bonds is 6. The summed E-state index contributed by atoms with van der Waals surface area (Å²) >= 11 is 0. The van der Waals surface area contributed by atoms with Crippen LogP contribution in [0.2, 0.25) is 0 Å². The van der Waals surface area contributed by atoms with Crippen molar-refractivity contribution >= 4 is 11.8 Å². The van der Waals surface area contributed by atoms with Crippen molar-refractivity contribution in [1.82, 2.24) is 20.4 Å². The highest BCUT2D eigenvalue weighted by Gasteiger charge is 2.20. The average Bonchev–Trinajstić information content (AvgIpc) is 2.97. The molecule has 1 aromatic carbocycles. The van der Waals surface area contributed by atoms with E-state index in [4.69, 9.17) is 0 Å². The molecule has 0 saturated heterocycles. The zero-order chi connectivity index (χ0) is 16.8. The minimum absolute atomic E-state index is 0.0449. The number of carbonyl (C=O) groups excluding carboxylic acids is 2. The summed E-state index contributed by atoms with van der Waals surface area (Å²) in [6.45, 7) is 4.61. The van der Waals surface area contributed by atoms with Gasteiger partial charge in [-0.2, -0.15) is 5.10 Å². The quantitative estimate of drug-likeness (QED) is 0.849. The highest BCUT2D eigenvalue weighted by molar-refractivity contribution is 5.97. The maximum atomic E-state index is 12.3. The first-order valence-corrected chi connectivity index (χ1v) is 7.61. The molecule has 0 bridgehead atoms. The number of hydrogen-bond acceptors (Lipinski definition) is 3. The molecule has 2 aromatic rings. The van der Waals surface area contributed by atoms with Gasteiger partial charge in [0, 0.05) is 7.05 Å². The molecule has 23 heavy (non-hydrogen) atoms. The van der Waals surface area contributed by atoms with E-state index in [1.807, 2.05) is 48.9 Å². The second-order valence-corrected chi connectivity index (χ2v) is 5.60. The zero-order valence-electron chi connectivity index (χ0n) is 13.7. The number of aromatic nitrogens is 2. The lowest BCUT2D eigenvalue weighted by Crippen LogP contribution is -2.35. The fourth-order valence-electron chi connectivity index (χ4n) is 2.41. The van der Waals surface area contributed by atoms with Crippen LogP contribution in [0.1, 0.15) is 41.4 Å². The van der Waals surface area contributed by atoms with Gasteiger partial charge in [-0.1, -0.05) is 44.2 Å². The number of hydrogen-bond donors (Lipinski definition) is 2. The molecule has 1 heterocycles. The van der Waals surface area contributed by atoms with E-state index < -0.39 is 0 Å². The molecule has 0 unspecified atom stereocenters. The van der Waals surface area contributed by atoms with Gasteiger partial charge in [0.25, 0.3) is 5.91 Å². The first kappa shape index (κ1) is 16.7. The van der Waals surface area contributed by atoms with Crippen molar-refractivity contribution in [1.29, 1.82) is 0 Å². The van der Waals surface area contributed by atoms with Gasteiger partial charge in [-0.15, -0.1) is 0 Å². The Morgan fingerprint density at radius 2 is 1.91 bits per heavy atom. The van der Waals surface area contributed by atoms with Gasteiger partial charge in [-0.05, 0) is 11.5 Å². The highest BCUT2D eigenvalue weighted by atomic mass is 16.2. The van der Waals surface area contributed by atoms with Crippen LogP contribution in [0.15, 0.2) is 36.5 Å². The molecule has 0 aliphatic heterocycles. The number of nitrogens with zero attached hydrogens (tertiary/aromatic N) is 2. The monoisotopic (exact) mass is 314 g/mol. The SMILES string of the molecule is CNC(=O)CNC(=O)c1cnn(Cc2ccccc2)c1C(C)C. The smallest absolute Gasteiger partial charge is 0.255 e. The van der Waals surface area contributed by atoms with Crippen LogP contribution in [0.4, 0.5) is 0 Å². The van der Waals surface area contributed by atoms with Crippen LogP contribution >= 0.6 is 0 Å². The lowest BCUT2D eigenvalue weighted by Gasteiger charge is -2.13. The topological polar surface area (TPSA) is 76.0 Å². The third-order valence-electron chi connectivity index (χ3n) is 3.54. The van der Waals surface area contributed by atoms with Crippen molar-refractivity contribution in [2.75, 3.05) is 13.6 Å². The summed E-state index contributed by atoms with van der Waals surface area (Å²) < 4.78 is 1.84. The van der Waals surface area contributed by atoms with Crippen molar-refractivity contribution in [3.05, 3.63) is 53.3 Å². The Balaban J connectivity index is 2.21. The number of nitrogens with one attached hydrogen (secondary N) is 2. The first-order chi connectivity index (χ1) is 11.0. The molecule has 0 radical (unpaired) electrons. The Morgan fingerprint density at radius 1 is 1.22 bits per heavy atom. The third kappa shape index (κ3) is 4.18. The fourth-order valence-corrected chi connectivity index (χ4v) is 2.41. The van der Waals surface area contributed by atoms with Gasteiger partial charge in [0.05, 0.1) is 30.5 Å². The van der Waals surface area contributed by atoms with E-state index >= 15 is 0 Å².